The van der Waals surface area contributed by atoms with Gasteiger partial charge in [-0.1, -0.05) is 23.2 Å². The molecule has 1 heterocycles. The number of rotatable bonds is 3. The molecule has 1 aromatic rings. The van der Waals surface area contributed by atoms with Crippen LogP contribution in [-0.4, -0.2) is 54.9 Å². The molecule has 0 aromatic heterocycles. The summed E-state index contributed by atoms with van der Waals surface area (Å²) in [5.41, 5.74) is 0.676. The molecule has 0 radical (unpaired) electrons. The molecule has 2 amide bonds. The van der Waals surface area contributed by atoms with Crippen molar-refractivity contribution < 1.29 is 14.3 Å². The van der Waals surface area contributed by atoms with E-state index in [2.05, 4.69) is 0 Å². The number of carbonyl (C=O) groups excluding carboxylic acids is 2. The fraction of sp³-hybridized carbons (Fsp3) is 0.500. The van der Waals surface area contributed by atoms with Crippen LogP contribution in [0.5, 0.6) is 5.75 Å². The van der Waals surface area contributed by atoms with Gasteiger partial charge in [0.2, 0.25) is 11.8 Å². The van der Waals surface area contributed by atoms with Crippen molar-refractivity contribution in [2.75, 3.05) is 33.3 Å². The summed E-state index contributed by atoms with van der Waals surface area (Å²) in [6.07, 6.45) is 0.963. The number of hydrogen-bond acceptors (Lipinski definition) is 3. The highest BCUT2D eigenvalue weighted by atomic mass is 35.5. The lowest BCUT2D eigenvalue weighted by molar-refractivity contribution is -0.132. The van der Waals surface area contributed by atoms with E-state index in [1.807, 2.05) is 0 Å². The fourth-order valence-electron chi connectivity index (χ4n) is 2.62. The van der Waals surface area contributed by atoms with Gasteiger partial charge in [-0.05, 0) is 18.1 Å². The average Bonchev–Trinajstić information content (AvgIpc) is 2.76. The Labute approximate surface area is 146 Å². The van der Waals surface area contributed by atoms with Crippen LogP contribution in [0.15, 0.2) is 12.1 Å². The zero-order valence-electron chi connectivity index (χ0n) is 13.3. The molecular formula is C16H20Cl2N2O3. The first-order chi connectivity index (χ1) is 10.9. The number of nitrogens with zero attached hydrogens (tertiary/aromatic N) is 2. The predicted molar refractivity (Wildman–Crippen MR) is 90.2 cm³/mol. The first-order valence-corrected chi connectivity index (χ1v) is 8.23. The third-order valence-corrected chi connectivity index (χ3v) is 4.60. The van der Waals surface area contributed by atoms with E-state index in [9.17, 15) is 9.59 Å². The van der Waals surface area contributed by atoms with Crippen LogP contribution in [0.4, 0.5) is 0 Å². The molecule has 1 aliphatic heterocycles. The minimum absolute atomic E-state index is 0.0152. The highest BCUT2D eigenvalue weighted by Crippen LogP contribution is 2.31. The molecule has 0 spiro atoms. The molecule has 5 nitrogen and oxygen atoms in total. The van der Waals surface area contributed by atoms with Gasteiger partial charge < -0.3 is 14.5 Å². The fourth-order valence-corrected chi connectivity index (χ4v) is 3.10. The summed E-state index contributed by atoms with van der Waals surface area (Å²) in [5.74, 6) is 0.516. The van der Waals surface area contributed by atoms with Crippen molar-refractivity contribution in [1.29, 1.82) is 0 Å². The second kappa shape index (κ2) is 7.88. The third-order valence-electron chi connectivity index (χ3n) is 3.96. The Balaban J connectivity index is 2.04. The van der Waals surface area contributed by atoms with Crippen LogP contribution in [0.2, 0.25) is 10.0 Å². The smallest absolute Gasteiger partial charge is 0.227 e. The molecule has 23 heavy (non-hydrogen) atoms. The molecule has 0 bridgehead atoms. The van der Waals surface area contributed by atoms with Gasteiger partial charge in [0.05, 0.1) is 18.6 Å². The van der Waals surface area contributed by atoms with E-state index in [-0.39, 0.29) is 18.2 Å². The topological polar surface area (TPSA) is 49.9 Å². The minimum Gasteiger partial charge on any atom is -0.495 e. The van der Waals surface area contributed by atoms with Crippen molar-refractivity contribution in [2.45, 2.75) is 19.8 Å². The SMILES string of the molecule is COc1cc(Cl)c(CC(=O)N2CCCN(C(C)=O)CC2)cc1Cl. The number of hydrogen-bond donors (Lipinski definition) is 0. The standard InChI is InChI=1S/C16H20Cl2N2O3/c1-11(21)19-4-3-5-20(7-6-19)16(22)9-12-8-14(18)15(23-2)10-13(12)17/h8,10H,3-7,9H2,1-2H3. The maximum Gasteiger partial charge on any atom is 0.227 e. The normalized spacial score (nSPS) is 15.3. The van der Waals surface area contributed by atoms with Gasteiger partial charge in [0.25, 0.3) is 0 Å². The lowest BCUT2D eigenvalue weighted by Gasteiger charge is -2.21. The summed E-state index contributed by atoms with van der Waals surface area (Å²) in [7, 11) is 1.51. The molecule has 126 valence electrons. The van der Waals surface area contributed by atoms with Gasteiger partial charge in [-0.15, -0.1) is 0 Å². The summed E-state index contributed by atoms with van der Waals surface area (Å²) in [5, 5.41) is 0.887. The van der Waals surface area contributed by atoms with E-state index in [1.165, 1.54) is 7.11 Å². The maximum atomic E-state index is 12.5. The largest absolute Gasteiger partial charge is 0.495 e. The molecular weight excluding hydrogens is 339 g/mol. The van der Waals surface area contributed by atoms with Gasteiger partial charge in [0.1, 0.15) is 5.75 Å². The highest BCUT2D eigenvalue weighted by Gasteiger charge is 2.21. The van der Waals surface area contributed by atoms with Gasteiger partial charge in [-0.25, -0.2) is 0 Å². The lowest BCUT2D eigenvalue weighted by Crippen LogP contribution is -2.37. The molecule has 7 heteroatoms. The summed E-state index contributed by atoms with van der Waals surface area (Å²) in [4.78, 5) is 27.5. The predicted octanol–water partition coefficient (Wildman–Crippen LogP) is 2.63. The van der Waals surface area contributed by atoms with Crippen molar-refractivity contribution in [2.24, 2.45) is 0 Å². The minimum atomic E-state index is -0.0152. The van der Waals surface area contributed by atoms with Crippen molar-refractivity contribution in [3.63, 3.8) is 0 Å². The van der Waals surface area contributed by atoms with Gasteiger partial charge in [-0.2, -0.15) is 0 Å². The second-order valence-electron chi connectivity index (χ2n) is 5.50. The van der Waals surface area contributed by atoms with Crippen LogP contribution >= 0.6 is 23.2 Å². The number of halogens is 2. The first kappa shape index (κ1) is 17.9. The summed E-state index contributed by atoms with van der Waals surface area (Å²) in [6, 6.07) is 3.28. The van der Waals surface area contributed by atoms with Crippen LogP contribution in [0.1, 0.15) is 18.9 Å². The van der Waals surface area contributed by atoms with E-state index >= 15 is 0 Å². The Hall–Kier alpha value is -1.46. The van der Waals surface area contributed by atoms with Crippen molar-refractivity contribution in [1.82, 2.24) is 9.80 Å². The number of carbonyl (C=O) groups is 2. The highest BCUT2D eigenvalue weighted by molar-refractivity contribution is 6.34. The van der Waals surface area contributed by atoms with Crippen molar-refractivity contribution in [3.05, 3.63) is 27.7 Å². The summed E-state index contributed by atoms with van der Waals surface area (Å²) >= 11 is 12.3. The zero-order chi connectivity index (χ0) is 17.0. The number of ether oxygens (including phenoxy) is 1. The average molecular weight is 359 g/mol. The number of methoxy groups -OCH3 is 1. The molecule has 2 rings (SSSR count). The van der Waals surface area contributed by atoms with E-state index in [4.69, 9.17) is 27.9 Å². The Morgan fingerprint density at radius 1 is 1.09 bits per heavy atom. The van der Waals surface area contributed by atoms with Crippen LogP contribution < -0.4 is 4.74 Å². The van der Waals surface area contributed by atoms with Crippen LogP contribution in [0.25, 0.3) is 0 Å². The van der Waals surface area contributed by atoms with E-state index in [0.29, 0.717) is 47.5 Å². The Morgan fingerprint density at radius 2 is 1.74 bits per heavy atom. The van der Waals surface area contributed by atoms with E-state index in [0.717, 1.165) is 6.42 Å². The first-order valence-electron chi connectivity index (χ1n) is 7.47. The number of amides is 2. The number of benzene rings is 1. The van der Waals surface area contributed by atoms with Crippen LogP contribution in [-0.2, 0) is 16.0 Å². The summed E-state index contributed by atoms with van der Waals surface area (Å²) < 4.78 is 5.10. The Bertz CT molecular complexity index is 607. The molecule has 1 fully saturated rings. The zero-order valence-corrected chi connectivity index (χ0v) is 14.8. The quantitative estimate of drug-likeness (QED) is 0.834. The molecule has 0 aliphatic carbocycles. The van der Waals surface area contributed by atoms with Gasteiger partial charge >= 0.3 is 0 Å². The molecule has 0 saturated carbocycles. The van der Waals surface area contributed by atoms with Gasteiger partial charge in [0, 0.05) is 44.2 Å². The van der Waals surface area contributed by atoms with Crippen molar-refractivity contribution >= 4 is 35.0 Å². The van der Waals surface area contributed by atoms with Gasteiger partial charge in [-0.3, -0.25) is 9.59 Å². The molecule has 1 aromatic carbocycles. The Kier molecular flexibility index (Phi) is 6.13. The molecule has 0 atom stereocenters. The molecule has 0 unspecified atom stereocenters. The molecule has 1 saturated heterocycles. The summed E-state index contributed by atoms with van der Waals surface area (Å²) in [6.45, 7) is 3.99. The lowest BCUT2D eigenvalue weighted by atomic mass is 10.1. The second-order valence-corrected chi connectivity index (χ2v) is 6.31. The van der Waals surface area contributed by atoms with Crippen LogP contribution in [0, 0.1) is 0 Å². The Morgan fingerprint density at radius 3 is 2.39 bits per heavy atom. The van der Waals surface area contributed by atoms with E-state index < -0.39 is 0 Å². The van der Waals surface area contributed by atoms with Gasteiger partial charge in [0.15, 0.2) is 0 Å². The molecule has 0 N–H and O–H groups in total. The molecule has 1 aliphatic rings. The monoisotopic (exact) mass is 358 g/mol. The van der Waals surface area contributed by atoms with Crippen LogP contribution in [0.3, 0.4) is 0 Å². The van der Waals surface area contributed by atoms with Crippen molar-refractivity contribution in [3.8, 4) is 5.75 Å². The van der Waals surface area contributed by atoms with E-state index in [1.54, 1.807) is 28.9 Å². The maximum absolute atomic E-state index is 12.5. The third kappa shape index (κ3) is 4.52.